The highest BCUT2D eigenvalue weighted by Gasteiger charge is 2.30. The van der Waals surface area contributed by atoms with Crippen LogP contribution >= 0.6 is 23.2 Å². The van der Waals surface area contributed by atoms with Gasteiger partial charge >= 0.3 is 0 Å². The fraction of sp³-hybridized carbons (Fsp3) is 0.269. The maximum Gasteiger partial charge on any atom is 0.264 e. The second-order valence-electron chi connectivity index (χ2n) is 8.59. The molecule has 9 heteroatoms. The van der Waals surface area contributed by atoms with Crippen molar-refractivity contribution in [1.82, 2.24) is 9.80 Å². The van der Waals surface area contributed by atoms with Crippen LogP contribution in [-0.2, 0) is 21.4 Å². The summed E-state index contributed by atoms with van der Waals surface area (Å²) < 4.78 is 28.3. The first-order valence-electron chi connectivity index (χ1n) is 11.3. The SMILES string of the molecule is Cc1ccc(S(=O)(=O)N(CC(=O)N2CCN(Cc3ccccc3)CC2)c2cc(Cl)cc(Cl)c2)cc1. The van der Waals surface area contributed by atoms with Gasteiger partial charge in [0.1, 0.15) is 6.54 Å². The lowest BCUT2D eigenvalue weighted by atomic mass is 10.2. The summed E-state index contributed by atoms with van der Waals surface area (Å²) in [6.07, 6.45) is 0. The first kappa shape index (κ1) is 25.5. The molecule has 1 saturated heterocycles. The molecule has 0 spiro atoms. The molecular formula is C26H27Cl2N3O3S. The van der Waals surface area contributed by atoms with Crippen molar-refractivity contribution >= 4 is 44.8 Å². The number of rotatable bonds is 7. The predicted octanol–water partition coefficient (Wildman–Crippen LogP) is 4.84. The zero-order chi connectivity index (χ0) is 25.0. The quantitative estimate of drug-likeness (QED) is 0.437. The number of hydrogen-bond acceptors (Lipinski definition) is 4. The Morgan fingerprint density at radius 2 is 1.49 bits per heavy atom. The van der Waals surface area contributed by atoms with Gasteiger partial charge in [-0.05, 0) is 42.8 Å². The van der Waals surface area contributed by atoms with Crippen molar-refractivity contribution in [2.45, 2.75) is 18.4 Å². The monoisotopic (exact) mass is 531 g/mol. The Morgan fingerprint density at radius 3 is 2.09 bits per heavy atom. The zero-order valence-electron chi connectivity index (χ0n) is 19.4. The van der Waals surface area contributed by atoms with Crippen molar-refractivity contribution in [3.8, 4) is 0 Å². The predicted molar refractivity (Wildman–Crippen MR) is 140 cm³/mol. The minimum atomic E-state index is -4.03. The summed E-state index contributed by atoms with van der Waals surface area (Å²) in [5.41, 5.74) is 2.41. The Morgan fingerprint density at radius 1 is 0.886 bits per heavy atom. The molecule has 1 fully saturated rings. The molecule has 0 radical (unpaired) electrons. The first-order valence-corrected chi connectivity index (χ1v) is 13.5. The number of anilines is 1. The molecule has 1 aliphatic heterocycles. The molecule has 1 aliphatic rings. The van der Waals surface area contributed by atoms with Gasteiger partial charge in [-0.2, -0.15) is 0 Å². The first-order chi connectivity index (χ1) is 16.7. The molecule has 184 valence electrons. The molecule has 0 aromatic heterocycles. The van der Waals surface area contributed by atoms with Gasteiger partial charge in [-0.15, -0.1) is 0 Å². The second kappa shape index (κ2) is 11.0. The Kier molecular flexibility index (Phi) is 8.02. The molecule has 1 heterocycles. The maximum absolute atomic E-state index is 13.6. The zero-order valence-corrected chi connectivity index (χ0v) is 21.7. The van der Waals surface area contributed by atoms with Crippen molar-refractivity contribution in [2.24, 2.45) is 0 Å². The van der Waals surface area contributed by atoms with E-state index in [4.69, 9.17) is 23.2 Å². The summed E-state index contributed by atoms with van der Waals surface area (Å²) in [4.78, 5) is 17.4. The molecule has 0 saturated carbocycles. The van der Waals surface area contributed by atoms with E-state index in [1.165, 1.54) is 35.9 Å². The third-order valence-corrected chi connectivity index (χ3v) is 8.22. The largest absolute Gasteiger partial charge is 0.339 e. The van der Waals surface area contributed by atoms with E-state index in [1.807, 2.05) is 25.1 Å². The molecule has 0 atom stereocenters. The summed E-state index contributed by atoms with van der Waals surface area (Å²) in [6.45, 7) is 4.85. The summed E-state index contributed by atoms with van der Waals surface area (Å²) in [5.74, 6) is -0.267. The van der Waals surface area contributed by atoms with E-state index < -0.39 is 10.0 Å². The van der Waals surface area contributed by atoms with Crippen LogP contribution in [0, 0.1) is 6.92 Å². The van der Waals surface area contributed by atoms with E-state index in [9.17, 15) is 13.2 Å². The van der Waals surface area contributed by atoms with E-state index in [2.05, 4.69) is 17.0 Å². The molecular weight excluding hydrogens is 505 g/mol. The number of piperazine rings is 1. The van der Waals surface area contributed by atoms with Crippen LogP contribution in [0.4, 0.5) is 5.69 Å². The van der Waals surface area contributed by atoms with Gasteiger partial charge in [0.15, 0.2) is 0 Å². The van der Waals surface area contributed by atoms with Crippen molar-refractivity contribution in [3.63, 3.8) is 0 Å². The van der Waals surface area contributed by atoms with Crippen LogP contribution in [0.2, 0.25) is 10.0 Å². The minimum absolute atomic E-state index is 0.0969. The van der Waals surface area contributed by atoms with Crippen molar-refractivity contribution < 1.29 is 13.2 Å². The van der Waals surface area contributed by atoms with E-state index in [1.54, 1.807) is 17.0 Å². The van der Waals surface area contributed by atoms with E-state index >= 15 is 0 Å². The molecule has 0 aliphatic carbocycles. The lowest BCUT2D eigenvalue weighted by molar-refractivity contribution is -0.131. The lowest BCUT2D eigenvalue weighted by Crippen LogP contribution is -2.51. The molecule has 0 bridgehead atoms. The Labute approximate surface area is 216 Å². The van der Waals surface area contributed by atoms with Crippen LogP contribution in [-0.4, -0.2) is 56.8 Å². The highest BCUT2D eigenvalue weighted by molar-refractivity contribution is 7.92. The number of sulfonamides is 1. The fourth-order valence-corrected chi connectivity index (χ4v) is 5.97. The summed E-state index contributed by atoms with van der Waals surface area (Å²) in [5, 5.41) is 0.581. The van der Waals surface area contributed by atoms with Crippen LogP contribution in [0.3, 0.4) is 0 Å². The molecule has 3 aromatic rings. The number of nitrogens with zero attached hydrogens (tertiary/aromatic N) is 3. The minimum Gasteiger partial charge on any atom is -0.339 e. The van der Waals surface area contributed by atoms with E-state index in [-0.39, 0.29) is 23.0 Å². The Hall–Kier alpha value is -2.58. The van der Waals surface area contributed by atoms with Gasteiger partial charge in [0, 0.05) is 42.8 Å². The molecule has 0 unspecified atom stereocenters. The third-order valence-electron chi connectivity index (χ3n) is 6.00. The fourth-order valence-electron chi connectivity index (χ4n) is 4.06. The van der Waals surface area contributed by atoms with Crippen molar-refractivity contribution in [3.05, 3.63) is 94.0 Å². The van der Waals surface area contributed by atoms with Crippen LogP contribution < -0.4 is 4.31 Å². The Balaban J connectivity index is 1.52. The van der Waals surface area contributed by atoms with Crippen molar-refractivity contribution in [2.75, 3.05) is 37.0 Å². The number of carbonyl (C=O) groups excluding carboxylic acids is 1. The summed E-state index contributed by atoms with van der Waals surface area (Å²) in [6, 6.07) is 21.2. The van der Waals surface area contributed by atoms with E-state index in [0.29, 0.717) is 36.2 Å². The van der Waals surface area contributed by atoms with Crippen LogP contribution in [0.15, 0.2) is 77.7 Å². The second-order valence-corrected chi connectivity index (χ2v) is 11.3. The topological polar surface area (TPSA) is 60.9 Å². The highest BCUT2D eigenvalue weighted by atomic mass is 35.5. The van der Waals surface area contributed by atoms with Gasteiger partial charge in [-0.25, -0.2) is 8.42 Å². The van der Waals surface area contributed by atoms with Crippen LogP contribution in [0.1, 0.15) is 11.1 Å². The van der Waals surface area contributed by atoms with Gasteiger partial charge in [0.05, 0.1) is 10.6 Å². The van der Waals surface area contributed by atoms with Crippen molar-refractivity contribution in [1.29, 1.82) is 0 Å². The molecule has 6 nitrogen and oxygen atoms in total. The number of amides is 1. The Bertz CT molecular complexity index is 1260. The van der Waals surface area contributed by atoms with Crippen LogP contribution in [0.5, 0.6) is 0 Å². The third kappa shape index (κ3) is 6.35. The highest BCUT2D eigenvalue weighted by Crippen LogP contribution is 2.30. The normalized spacial score (nSPS) is 14.7. The molecule has 1 amide bonds. The van der Waals surface area contributed by atoms with Gasteiger partial charge in [-0.1, -0.05) is 71.2 Å². The number of benzene rings is 3. The maximum atomic E-state index is 13.6. The average molecular weight is 532 g/mol. The van der Waals surface area contributed by atoms with Crippen LogP contribution in [0.25, 0.3) is 0 Å². The lowest BCUT2D eigenvalue weighted by Gasteiger charge is -2.36. The summed E-state index contributed by atoms with van der Waals surface area (Å²) in [7, 11) is -4.03. The van der Waals surface area contributed by atoms with Gasteiger partial charge in [0.2, 0.25) is 5.91 Å². The smallest absolute Gasteiger partial charge is 0.264 e. The number of halogens is 2. The number of aryl methyl sites for hydroxylation is 1. The molecule has 4 rings (SSSR count). The number of carbonyl (C=O) groups is 1. The van der Waals surface area contributed by atoms with E-state index in [0.717, 1.165) is 16.4 Å². The molecule has 3 aromatic carbocycles. The molecule has 0 N–H and O–H groups in total. The number of hydrogen-bond donors (Lipinski definition) is 0. The standard InChI is InChI=1S/C26H27Cl2N3O3S/c1-20-7-9-25(10-8-20)35(33,34)31(24-16-22(27)15-23(28)17-24)19-26(32)30-13-11-29(12-14-30)18-21-5-3-2-4-6-21/h2-10,15-17H,11-14,18-19H2,1H3. The average Bonchev–Trinajstić information content (AvgIpc) is 2.83. The van der Waals surface area contributed by atoms with Gasteiger partial charge in [0.25, 0.3) is 10.0 Å². The van der Waals surface area contributed by atoms with Gasteiger partial charge < -0.3 is 4.90 Å². The van der Waals surface area contributed by atoms with Gasteiger partial charge in [-0.3, -0.25) is 14.0 Å². The summed E-state index contributed by atoms with van der Waals surface area (Å²) >= 11 is 12.3. The molecule has 35 heavy (non-hydrogen) atoms.